The van der Waals surface area contributed by atoms with Crippen molar-refractivity contribution in [1.82, 2.24) is 0 Å². The summed E-state index contributed by atoms with van der Waals surface area (Å²) >= 11 is 3.16. The Hall–Kier alpha value is -0.680. The molecule has 1 aromatic carbocycles. The molecule has 1 aromatic rings. The van der Waals surface area contributed by atoms with Crippen LogP contribution in [0.15, 0.2) is 24.3 Å². The summed E-state index contributed by atoms with van der Waals surface area (Å²) in [5, 5.41) is 0. The molecule has 0 bridgehead atoms. The number of Topliss-reactive ketones (excluding diaryl/α,β-unsaturated/α-hetero) is 1. The van der Waals surface area contributed by atoms with Gasteiger partial charge in [0.1, 0.15) is 0 Å². The summed E-state index contributed by atoms with van der Waals surface area (Å²) in [6.45, 7) is 5.10. The first-order valence-electron chi connectivity index (χ1n) is 5.81. The van der Waals surface area contributed by atoms with Crippen molar-refractivity contribution in [2.45, 2.75) is 30.8 Å². The molecule has 0 unspecified atom stereocenters. The number of sulfone groups is 1. The third-order valence-corrected chi connectivity index (χ3v) is 7.57. The predicted octanol–water partition coefficient (Wildman–Crippen LogP) is 3.11. The van der Waals surface area contributed by atoms with E-state index in [1.54, 1.807) is 32.0 Å². The molecular formula is C13H17BrO3S. The summed E-state index contributed by atoms with van der Waals surface area (Å²) in [7, 11) is -3.50. The van der Waals surface area contributed by atoms with Crippen LogP contribution in [0.1, 0.15) is 36.2 Å². The van der Waals surface area contributed by atoms with E-state index in [2.05, 4.69) is 15.9 Å². The van der Waals surface area contributed by atoms with Crippen LogP contribution in [0.4, 0.5) is 0 Å². The van der Waals surface area contributed by atoms with Crippen molar-refractivity contribution in [3.05, 3.63) is 35.4 Å². The van der Waals surface area contributed by atoms with Gasteiger partial charge in [0.2, 0.25) is 0 Å². The van der Waals surface area contributed by atoms with Crippen LogP contribution in [0, 0.1) is 6.92 Å². The number of carbonyl (C=O) groups is 1. The first kappa shape index (κ1) is 15.4. The largest absolute Gasteiger partial charge is 0.291 e. The molecule has 0 aliphatic carbocycles. The molecular weight excluding hydrogens is 316 g/mol. The molecule has 0 aliphatic heterocycles. The van der Waals surface area contributed by atoms with Crippen LogP contribution in [0.25, 0.3) is 0 Å². The summed E-state index contributed by atoms with van der Waals surface area (Å²) in [5.41, 5.74) is 1.35. The van der Waals surface area contributed by atoms with Crippen molar-refractivity contribution in [1.29, 1.82) is 0 Å². The Balaban J connectivity index is 3.31. The second-order valence-electron chi connectivity index (χ2n) is 4.18. The van der Waals surface area contributed by atoms with Crippen LogP contribution < -0.4 is 0 Å². The molecule has 0 saturated heterocycles. The Labute approximate surface area is 117 Å². The Morgan fingerprint density at radius 2 is 1.94 bits per heavy atom. The maximum absolute atomic E-state index is 12.4. The molecule has 1 rings (SSSR count). The predicted molar refractivity (Wildman–Crippen MR) is 76.9 cm³/mol. The lowest BCUT2D eigenvalue weighted by Crippen LogP contribution is -2.41. The molecule has 3 nitrogen and oxygen atoms in total. The zero-order valence-corrected chi connectivity index (χ0v) is 13.1. The van der Waals surface area contributed by atoms with Crippen LogP contribution in [0.2, 0.25) is 0 Å². The van der Waals surface area contributed by atoms with E-state index in [1.165, 1.54) is 0 Å². The fraction of sp³-hybridized carbons (Fsp3) is 0.462. The van der Waals surface area contributed by atoms with Crippen LogP contribution in [-0.2, 0) is 9.84 Å². The molecule has 0 aromatic heterocycles. The zero-order chi connectivity index (χ0) is 14.0. The smallest absolute Gasteiger partial charge is 0.194 e. The number of halogens is 1. The first-order chi connectivity index (χ1) is 8.28. The van der Waals surface area contributed by atoms with Gasteiger partial charge in [-0.3, -0.25) is 4.79 Å². The van der Waals surface area contributed by atoms with Crippen molar-refractivity contribution < 1.29 is 13.2 Å². The highest BCUT2D eigenvalue weighted by molar-refractivity contribution is 9.12. The van der Waals surface area contributed by atoms with Gasteiger partial charge in [0.25, 0.3) is 0 Å². The van der Waals surface area contributed by atoms with Gasteiger partial charge in [-0.25, -0.2) is 8.42 Å². The minimum atomic E-state index is -3.50. The van der Waals surface area contributed by atoms with Crippen LogP contribution >= 0.6 is 15.9 Å². The number of aryl methyl sites for hydroxylation is 1. The zero-order valence-electron chi connectivity index (χ0n) is 10.7. The molecule has 5 heteroatoms. The van der Waals surface area contributed by atoms with Gasteiger partial charge < -0.3 is 0 Å². The van der Waals surface area contributed by atoms with E-state index >= 15 is 0 Å². The maximum Gasteiger partial charge on any atom is 0.194 e. The van der Waals surface area contributed by atoms with Crippen molar-refractivity contribution in [2.24, 2.45) is 0 Å². The normalized spacial score (nSPS) is 15.1. The van der Waals surface area contributed by atoms with E-state index in [0.717, 1.165) is 5.56 Å². The van der Waals surface area contributed by atoms with Crippen LogP contribution in [0.3, 0.4) is 0 Å². The Kier molecular flexibility index (Phi) is 4.72. The molecule has 100 valence electrons. The average Bonchev–Trinajstić information content (AvgIpc) is 2.36. The Bertz CT molecular complexity index is 551. The number of ketones is 1. The number of carbonyl (C=O) groups excluding carboxylic acids is 1. The van der Waals surface area contributed by atoms with Gasteiger partial charge in [-0.15, -0.1) is 0 Å². The average molecular weight is 333 g/mol. The number of hydrogen-bond donors (Lipinski definition) is 0. The van der Waals surface area contributed by atoms with Crippen molar-refractivity contribution in [3.8, 4) is 0 Å². The van der Waals surface area contributed by atoms with E-state index < -0.39 is 19.3 Å². The highest BCUT2D eigenvalue weighted by atomic mass is 79.9. The van der Waals surface area contributed by atoms with Gasteiger partial charge in [-0.2, -0.15) is 0 Å². The van der Waals surface area contributed by atoms with Crippen molar-refractivity contribution in [2.75, 3.05) is 5.75 Å². The number of alkyl halides is 1. The lowest BCUT2D eigenvalue weighted by atomic mass is 10.0. The van der Waals surface area contributed by atoms with E-state index in [9.17, 15) is 13.2 Å². The molecule has 1 atom stereocenters. The molecule has 0 N–H and O–H groups in total. The minimum absolute atomic E-state index is 0.0658. The van der Waals surface area contributed by atoms with Crippen molar-refractivity contribution >= 4 is 31.6 Å². The third kappa shape index (κ3) is 2.67. The van der Waals surface area contributed by atoms with E-state index in [4.69, 9.17) is 0 Å². The lowest BCUT2D eigenvalue weighted by Gasteiger charge is -2.24. The highest BCUT2D eigenvalue weighted by Gasteiger charge is 2.45. The monoisotopic (exact) mass is 332 g/mol. The number of hydrogen-bond acceptors (Lipinski definition) is 3. The molecule has 0 heterocycles. The molecule has 0 saturated carbocycles. The quantitative estimate of drug-likeness (QED) is 0.614. The van der Waals surface area contributed by atoms with E-state index in [1.807, 2.05) is 13.0 Å². The highest BCUT2D eigenvalue weighted by Crippen LogP contribution is 2.34. The summed E-state index contributed by atoms with van der Waals surface area (Å²) in [6, 6.07) is 6.97. The Morgan fingerprint density at radius 3 is 2.39 bits per heavy atom. The van der Waals surface area contributed by atoms with E-state index in [0.29, 0.717) is 5.56 Å². The van der Waals surface area contributed by atoms with Gasteiger partial charge >= 0.3 is 0 Å². The lowest BCUT2D eigenvalue weighted by molar-refractivity contribution is 0.0976. The van der Waals surface area contributed by atoms with Gasteiger partial charge in [0, 0.05) is 11.3 Å². The first-order valence-corrected chi connectivity index (χ1v) is 8.25. The van der Waals surface area contributed by atoms with Gasteiger partial charge in [-0.1, -0.05) is 53.5 Å². The fourth-order valence-electron chi connectivity index (χ4n) is 1.75. The fourth-order valence-corrected chi connectivity index (χ4v) is 3.97. The SMILES string of the molecule is CC[C@](Br)(C(=O)c1cccc(C)c1)S(=O)(=O)CC. The third-order valence-electron chi connectivity index (χ3n) is 2.95. The summed E-state index contributed by atoms with van der Waals surface area (Å²) in [4.78, 5) is 12.4. The molecule has 0 aliphatic rings. The van der Waals surface area contributed by atoms with Gasteiger partial charge in [0.05, 0.1) is 0 Å². The van der Waals surface area contributed by atoms with Crippen molar-refractivity contribution in [3.63, 3.8) is 0 Å². The van der Waals surface area contributed by atoms with Crippen LogP contribution in [0.5, 0.6) is 0 Å². The molecule has 0 radical (unpaired) electrons. The summed E-state index contributed by atoms with van der Waals surface area (Å²) in [6.07, 6.45) is 0.204. The Morgan fingerprint density at radius 1 is 1.33 bits per heavy atom. The standard InChI is InChI=1S/C13H17BrO3S/c1-4-13(14,18(16,17)5-2)12(15)11-8-6-7-10(3)9-11/h6-9H,4-5H2,1-3H3/t13-/m1/s1. The molecule has 0 amide bonds. The second-order valence-corrected chi connectivity index (χ2v) is 8.57. The number of rotatable bonds is 5. The maximum atomic E-state index is 12.4. The van der Waals surface area contributed by atoms with Gasteiger partial charge in [0.15, 0.2) is 19.3 Å². The molecule has 0 fully saturated rings. The number of benzene rings is 1. The minimum Gasteiger partial charge on any atom is -0.291 e. The van der Waals surface area contributed by atoms with Crippen LogP contribution in [-0.4, -0.2) is 23.6 Å². The van der Waals surface area contributed by atoms with E-state index in [-0.39, 0.29) is 12.2 Å². The summed E-state index contributed by atoms with van der Waals surface area (Å²) in [5.74, 6) is -0.459. The second kappa shape index (κ2) is 5.53. The molecule has 0 spiro atoms. The topological polar surface area (TPSA) is 51.2 Å². The van der Waals surface area contributed by atoms with Gasteiger partial charge in [-0.05, 0) is 19.4 Å². The summed E-state index contributed by atoms with van der Waals surface area (Å²) < 4.78 is 22.7. The molecule has 18 heavy (non-hydrogen) atoms.